The maximum Gasteiger partial charge on any atom is 0.226 e. The van der Waals surface area contributed by atoms with Crippen LogP contribution in [0.4, 0.5) is 0 Å². The lowest BCUT2D eigenvalue weighted by Gasteiger charge is -2.05. The van der Waals surface area contributed by atoms with Crippen LogP contribution in [0.2, 0.25) is 0 Å². The lowest BCUT2D eigenvalue weighted by Crippen LogP contribution is -2.16. The van der Waals surface area contributed by atoms with Crippen LogP contribution in [0.1, 0.15) is 17.0 Å². The summed E-state index contributed by atoms with van der Waals surface area (Å²) in [5.74, 6) is 1.51. The average molecular weight is 308 g/mol. The molecule has 0 spiro atoms. The number of aryl methyl sites for hydroxylation is 1. The molecule has 0 radical (unpaired) electrons. The minimum absolute atomic E-state index is 0.550. The minimum atomic E-state index is 0.550. The Morgan fingerprint density at radius 1 is 1.00 bits per heavy atom. The van der Waals surface area contributed by atoms with E-state index >= 15 is 0 Å². The molecule has 0 aliphatic heterocycles. The van der Waals surface area contributed by atoms with Crippen LogP contribution in [0.15, 0.2) is 65.1 Å². The Hall–Kier alpha value is -2.43. The summed E-state index contributed by atoms with van der Waals surface area (Å²) < 4.78 is 5.74. The van der Waals surface area contributed by atoms with Gasteiger partial charge in [-0.25, -0.2) is 4.98 Å². The first kappa shape index (κ1) is 15.5. The summed E-state index contributed by atoms with van der Waals surface area (Å²) in [6, 6.07) is 20.1. The molecule has 1 heterocycles. The van der Waals surface area contributed by atoms with E-state index in [1.807, 2.05) is 55.5 Å². The predicted molar refractivity (Wildman–Crippen MR) is 89.6 cm³/mol. The molecule has 4 nitrogen and oxygen atoms in total. The predicted octanol–water partition coefficient (Wildman–Crippen LogP) is 3.91. The van der Waals surface area contributed by atoms with E-state index in [2.05, 4.69) is 22.6 Å². The SMILES string of the molecule is Cc1oc(-c2ccccc2)nc1CCONCc1ccccc1. The Bertz CT molecular complexity index is 724. The highest BCUT2D eigenvalue weighted by Gasteiger charge is 2.10. The highest BCUT2D eigenvalue weighted by atomic mass is 16.6. The van der Waals surface area contributed by atoms with Crippen molar-refractivity contribution in [2.45, 2.75) is 19.9 Å². The van der Waals surface area contributed by atoms with E-state index in [1.54, 1.807) is 0 Å². The number of oxazole rings is 1. The quantitative estimate of drug-likeness (QED) is 0.531. The van der Waals surface area contributed by atoms with Gasteiger partial charge in [-0.05, 0) is 24.6 Å². The minimum Gasteiger partial charge on any atom is -0.441 e. The number of benzene rings is 2. The molecule has 0 aliphatic rings. The van der Waals surface area contributed by atoms with Gasteiger partial charge < -0.3 is 9.25 Å². The summed E-state index contributed by atoms with van der Waals surface area (Å²) in [5, 5.41) is 0. The molecule has 0 amide bonds. The second kappa shape index (κ2) is 7.72. The van der Waals surface area contributed by atoms with Crippen LogP contribution in [0.5, 0.6) is 0 Å². The summed E-state index contributed by atoms with van der Waals surface area (Å²) >= 11 is 0. The number of nitrogens with zero attached hydrogens (tertiary/aromatic N) is 1. The lowest BCUT2D eigenvalue weighted by atomic mass is 10.2. The smallest absolute Gasteiger partial charge is 0.226 e. The Morgan fingerprint density at radius 2 is 1.70 bits per heavy atom. The van der Waals surface area contributed by atoms with Crippen LogP contribution < -0.4 is 5.48 Å². The molecule has 0 aliphatic carbocycles. The summed E-state index contributed by atoms with van der Waals surface area (Å²) in [6.07, 6.45) is 0.712. The Kier molecular flexibility index (Phi) is 5.19. The first-order valence-electron chi connectivity index (χ1n) is 7.73. The van der Waals surface area contributed by atoms with Gasteiger partial charge >= 0.3 is 0 Å². The van der Waals surface area contributed by atoms with E-state index in [1.165, 1.54) is 5.56 Å². The van der Waals surface area contributed by atoms with Gasteiger partial charge in [-0.2, -0.15) is 5.48 Å². The highest BCUT2D eigenvalue weighted by molar-refractivity contribution is 5.53. The lowest BCUT2D eigenvalue weighted by molar-refractivity contribution is 0.0383. The van der Waals surface area contributed by atoms with Crippen molar-refractivity contribution < 1.29 is 9.25 Å². The Balaban J connectivity index is 1.48. The molecule has 0 atom stereocenters. The number of hydrogen-bond donors (Lipinski definition) is 1. The van der Waals surface area contributed by atoms with Crippen LogP contribution in [-0.4, -0.2) is 11.6 Å². The first-order chi connectivity index (χ1) is 11.3. The van der Waals surface area contributed by atoms with Gasteiger partial charge in [-0.3, -0.25) is 0 Å². The molecule has 0 bridgehead atoms. The van der Waals surface area contributed by atoms with Crippen molar-refractivity contribution >= 4 is 0 Å². The molecular formula is C19H20N2O2. The van der Waals surface area contributed by atoms with Gasteiger partial charge in [0.25, 0.3) is 0 Å². The molecule has 4 heteroatoms. The number of hydroxylamine groups is 1. The molecule has 1 N–H and O–H groups in total. The Morgan fingerprint density at radius 3 is 2.43 bits per heavy atom. The van der Waals surface area contributed by atoms with Crippen molar-refractivity contribution in [2.24, 2.45) is 0 Å². The number of aromatic nitrogens is 1. The van der Waals surface area contributed by atoms with E-state index < -0.39 is 0 Å². The third kappa shape index (κ3) is 4.28. The third-order valence-corrected chi connectivity index (χ3v) is 3.58. The van der Waals surface area contributed by atoms with Crippen molar-refractivity contribution in [3.05, 3.63) is 77.7 Å². The Labute approximate surface area is 136 Å². The average Bonchev–Trinajstić information content (AvgIpc) is 2.97. The largest absolute Gasteiger partial charge is 0.441 e. The molecule has 0 unspecified atom stereocenters. The monoisotopic (exact) mass is 308 g/mol. The molecule has 0 saturated heterocycles. The van der Waals surface area contributed by atoms with E-state index in [0.717, 1.165) is 17.0 Å². The molecule has 0 saturated carbocycles. The molecule has 2 aromatic carbocycles. The molecule has 1 aromatic heterocycles. The number of rotatable bonds is 7. The van der Waals surface area contributed by atoms with Gasteiger partial charge in [0.2, 0.25) is 5.89 Å². The first-order valence-corrected chi connectivity index (χ1v) is 7.73. The van der Waals surface area contributed by atoms with Crippen molar-refractivity contribution in [2.75, 3.05) is 6.61 Å². The molecule has 3 rings (SSSR count). The molecular weight excluding hydrogens is 288 g/mol. The topological polar surface area (TPSA) is 47.3 Å². The third-order valence-electron chi connectivity index (χ3n) is 3.58. The van der Waals surface area contributed by atoms with Gasteiger partial charge in [-0.15, -0.1) is 0 Å². The summed E-state index contributed by atoms with van der Waals surface area (Å²) in [7, 11) is 0. The molecule has 23 heavy (non-hydrogen) atoms. The summed E-state index contributed by atoms with van der Waals surface area (Å²) in [5.41, 5.74) is 6.09. The highest BCUT2D eigenvalue weighted by Crippen LogP contribution is 2.21. The summed E-state index contributed by atoms with van der Waals surface area (Å²) in [6.45, 7) is 3.18. The zero-order valence-corrected chi connectivity index (χ0v) is 13.2. The zero-order valence-electron chi connectivity index (χ0n) is 13.2. The van der Waals surface area contributed by atoms with Crippen molar-refractivity contribution in [3.8, 4) is 11.5 Å². The van der Waals surface area contributed by atoms with E-state index in [4.69, 9.17) is 9.25 Å². The van der Waals surface area contributed by atoms with Gasteiger partial charge in [0.15, 0.2) is 0 Å². The van der Waals surface area contributed by atoms with E-state index in [9.17, 15) is 0 Å². The van der Waals surface area contributed by atoms with Crippen LogP contribution in [0.25, 0.3) is 11.5 Å². The standard InChI is InChI=1S/C19H20N2O2/c1-15-18(21-19(23-15)17-10-6-3-7-11-17)12-13-22-20-14-16-8-4-2-5-9-16/h2-11,20H,12-14H2,1H3. The maximum atomic E-state index is 5.74. The zero-order chi connectivity index (χ0) is 15.9. The van der Waals surface area contributed by atoms with Gasteiger partial charge in [0.1, 0.15) is 5.76 Å². The van der Waals surface area contributed by atoms with Crippen LogP contribution in [0.3, 0.4) is 0 Å². The van der Waals surface area contributed by atoms with Crippen LogP contribution in [-0.2, 0) is 17.8 Å². The number of hydrogen-bond acceptors (Lipinski definition) is 4. The van der Waals surface area contributed by atoms with Crippen molar-refractivity contribution in [1.29, 1.82) is 0 Å². The fraction of sp³-hybridized carbons (Fsp3) is 0.211. The fourth-order valence-corrected chi connectivity index (χ4v) is 2.31. The van der Waals surface area contributed by atoms with Crippen molar-refractivity contribution in [1.82, 2.24) is 10.5 Å². The van der Waals surface area contributed by atoms with Gasteiger partial charge in [-0.1, -0.05) is 48.5 Å². The molecule has 3 aromatic rings. The van der Waals surface area contributed by atoms with E-state index in [0.29, 0.717) is 25.5 Å². The van der Waals surface area contributed by atoms with Crippen LogP contribution in [0, 0.1) is 6.92 Å². The number of nitrogens with one attached hydrogen (secondary N) is 1. The van der Waals surface area contributed by atoms with Gasteiger partial charge in [0.05, 0.1) is 12.3 Å². The summed E-state index contributed by atoms with van der Waals surface area (Å²) in [4.78, 5) is 10.0. The molecule has 118 valence electrons. The van der Waals surface area contributed by atoms with Gasteiger partial charge in [0, 0.05) is 18.5 Å². The van der Waals surface area contributed by atoms with E-state index in [-0.39, 0.29) is 0 Å². The maximum absolute atomic E-state index is 5.74. The van der Waals surface area contributed by atoms with Crippen molar-refractivity contribution in [3.63, 3.8) is 0 Å². The molecule has 0 fully saturated rings. The second-order valence-electron chi connectivity index (χ2n) is 5.29. The van der Waals surface area contributed by atoms with Crippen LogP contribution >= 0.6 is 0 Å². The fourth-order valence-electron chi connectivity index (χ4n) is 2.31. The normalized spacial score (nSPS) is 10.8. The second-order valence-corrected chi connectivity index (χ2v) is 5.29.